The van der Waals surface area contributed by atoms with Crippen LogP contribution in [0.25, 0.3) is 22.5 Å². The molecule has 2 aliphatic rings. The zero-order valence-corrected chi connectivity index (χ0v) is 45.0. The van der Waals surface area contributed by atoms with Crippen LogP contribution < -0.4 is 40.2 Å². The molecule has 0 radical (unpaired) electrons. The van der Waals surface area contributed by atoms with Crippen LogP contribution in [-0.2, 0) is 19.2 Å². The van der Waals surface area contributed by atoms with Crippen molar-refractivity contribution in [1.82, 2.24) is 40.8 Å². The molecule has 410 valence electrons. The number of carboxylic acids is 2. The van der Waals surface area contributed by atoms with Gasteiger partial charge in [-0.05, 0) is 92.7 Å². The Morgan fingerprint density at radius 3 is 1.33 bits per heavy atom. The van der Waals surface area contributed by atoms with E-state index in [4.69, 9.17) is 39.4 Å². The van der Waals surface area contributed by atoms with Gasteiger partial charge in [0.1, 0.15) is 36.1 Å². The fourth-order valence-electron chi connectivity index (χ4n) is 10.1. The average Bonchev–Trinajstić information content (AvgIpc) is 4.03. The Bertz CT molecular complexity index is 2520. The average molecular weight is 1040 g/mol. The molecule has 2 unspecified atom stereocenters. The van der Waals surface area contributed by atoms with Gasteiger partial charge in [-0.2, -0.15) is 10.2 Å². The Labute approximate surface area is 440 Å². The third kappa shape index (κ3) is 16.9. The maximum absolute atomic E-state index is 13.5. The second-order valence-corrected chi connectivity index (χ2v) is 20.4. The minimum atomic E-state index is -1.12. The van der Waals surface area contributed by atoms with Crippen LogP contribution in [0, 0.1) is 17.8 Å². The van der Waals surface area contributed by atoms with E-state index in [0.29, 0.717) is 41.8 Å². The molecule has 2 aromatic carbocycles. The highest BCUT2D eigenvalue weighted by atomic mass is 16.5. The molecule has 20 nitrogen and oxygen atoms in total. The van der Waals surface area contributed by atoms with Crippen LogP contribution in [0.3, 0.4) is 0 Å². The first kappa shape index (κ1) is 58.8. The second-order valence-electron chi connectivity index (χ2n) is 20.4. The van der Waals surface area contributed by atoms with Gasteiger partial charge in [-0.3, -0.25) is 38.1 Å². The summed E-state index contributed by atoms with van der Waals surface area (Å²) >= 11 is 0. The molecule has 6 N–H and O–H groups in total. The zero-order chi connectivity index (χ0) is 54.8. The number of aliphatic carboxylic acids is 2. The van der Waals surface area contributed by atoms with Crippen molar-refractivity contribution in [2.75, 3.05) is 41.5 Å². The highest BCUT2D eigenvalue weighted by Crippen LogP contribution is 2.43. The lowest BCUT2D eigenvalue weighted by Gasteiger charge is -2.28. The number of benzene rings is 2. The number of ether oxygens (including phenoxy) is 4. The van der Waals surface area contributed by atoms with E-state index in [1.807, 2.05) is 73.5 Å². The maximum Gasteiger partial charge on any atom is 0.322 e. The van der Waals surface area contributed by atoms with E-state index in [0.717, 1.165) is 67.5 Å². The van der Waals surface area contributed by atoms with E-state index in [1.165, 1.54) is 12.8 Å². The van der Waals surface area contributed by atoms with Crippen molar-refractivity contribution in [2.24, 2.45) is 17.8 Å². The fourth-order valence-corrected chi connectivity index (χ4v) is 10.1. The predicted octanol–water partition coefficient (Wildman–Crippen LogP) is 7.86. The molecule has 2 heterocycles. The van der Waals surface area contributed by atoms with E-state index in [1.54, 1.807) is 40.6 Å². The van der Waals surface area contributed by atoms with Gasteiger partial charge in [0.05, 0.1) is 63.0 Å². The molecule has 2 fully saturated rings. The molecular weight excluding hydrogens is 965 g/mol. The minimum absolute atomic E-state index is 0.0201. The Kier molecular flexibility index (Phi) is 22.3. The number of carbonyl (C=O) groups excluding carboxylic acids is 4. The van der Waals surface area contributed by atoms with Gasteiger partial charge in [0, 0.05) is 24.9 Å². The van der Waals surface area contributed by atoms with Gasteiger partial charge in [0.2, 0.25) is 11.8 Å². The quantitative estimate of drug-likeness (QED) is 0.0390. The first-order chi connectivity index (χ1) is 35.8. The number of methoxy groups -OCH3 is 4. The van der Waals surface area contributed by atoms with Crippen molar-refractivity contribution in [3.05, 3.63) is 59.9 Å². The summed E-state index contributed by atoms with van der Waals surface area (Å²) in [6.07, 6.45) is 10.5. The van der Waals surface area contributed by atoms with Crippen LogP contribution in [0.1, 0.15) is 151 Å². The summed E-state index contributed by atoms with van der Waals surface area (Å²) in [6.45, 7) is 9.31. The maximum atomic E-state index is 13.5. The van der Waals surface area contributed by atoms with Crippen LogP contribution in [0.15, 0.2) is 48.5 Å². The summed E-state index contributed by atoms with van der Waals surface area (Å²) in [6, 6.07) is 13.9. The van der Waals surface area contributed by atoms with Gasteiger partial charge in [-0.1, -0.05) is 78.9 Å². The molecule has 6 rings (SSSR count). The number of hydrogen-bond acceptors (Lipinski definition) is 12. The second kappa shape index (κ2) is 28.5. The first-order valence-corrected chi connectivity index (χ1v) is 26.1. The summed E-state index contributed by atoms with van der Waals surface area (Å²) in [5.41, 5.74) is 3.43. The molecular formula is C55H78N8O12. The van der Waals surface area contributed by atoms with Crippen LogP contribution in [0.4, 0.5) is 0 Å². The van der Waals surface area contributed by atoms with Crippen LogP contribution in [0.5, 0.6) is 23.0 Å². The molecule has 4 amide bonds. The standard InChI is InChI=1S/C28H40N4O6.C27H38N4O6/c1-17(2)12-19(14-25(33)29-16-26(34)35)30-28(36)21-15-22(27-23(37-4)10-7-11-24(27)38-5)32(31-21)20-9-6-8-18(3)13-20;1-17(2)13-18(14-24(32)28-16-25(33)34)29-27(35)20-15-21(31(30-20)19-9-6-5-7-10-19)26-22(36-3)11-8-12-23(26)37-4/h7,10-11,15,17-20H,6,8-9,12-14,16H2,1-5H3,(H,29,33)(H,30,36)(H,34,35);8,11-12,15,17-19H,5-7,9-10,13-14,16H2,1-4H3,(H,28,32)(H,29,35)(H,33,34)/t18?,19-,20?;18-/m00/s1. The van der Waals surface area contributed by atoms with E-state index in [2.05, 4.69) is 28.2 Å². The minimum Gasteiger partial charge on any atom is -0.496 e. The number of nitrogens with zero attached hydrogens (tertiary/aromatic N) is 4. The Morgan fingerprint density at radius 1 is 0.587 bits per heavy atom. The summed E-state index contributed by atoms with van der Waals surface area (Å²) in [5, 5.41) is 37.8. The Morgan fingerprint density at radius 2 is 0.973 bits per heavy atom. The molecule has 20 heteroatoms. The third-order valence-corrected chi connectivity index (χ3v) is 13.4. The monoisotopic (exact) mass is 1040 g/mol. The van der Waals surface area contributed by atoms with Crippen molar-refractivity contribution >= 4 is 35.6 Å². The van der Waals surface area contributed by atoms with E-state index < -0.39 is 48.9 Å². The topological polar surface area (TPSA) is 264 Å². The highest BCUT2D eigenvalue weighted by Gasteiger charge is 2.31. The van der Waals surface area contributed by atoms with Crippen LogP contribution in [-0.4, -0.2) is 119 Å². The van der Waals surface area contributed by atoms with Crippen molar-refractivity contribution in [1.29, 1.82) is 0 Å². The number of rotatable bonds is 24. The molecule has 0 saturated heterocycles. The largest absolute Gasteiger partial charge is 0.496 e. The zero-order valence-electron chi connectivity index (χ0n) is 45.0. The number of carbonyl (C=O) groups is 6. The Hall–Kier alpha value is -7.12. The molecule has 0 spiro atoms. The summed E-state index contributed by atoms with van der Waals surface area (Å²) in [5.74, 6) is -0.429. The van der Waals surface area contributed by atoms with Crippen molar-refractivity contribution < 1.29 is 57.9 Å². The summed E-state index contributed by atoms with van der Waals surface area (Å²) < 4.78 is 26.4. The number of amides is 4. The fraction of sp³-hybridized carbons (Fsp3) is 0.564. The number of hydrogen-bond donors (Lipinski definition) is 6. The SMILES string of the molecule is COc1cccc(OC)c1-c1cc(C(=O)N[C@H](CC(=O)NCC(=O)O)CC(C)C)nn1C1CCCC(C)C1.COc1cccc(OC)c1-c1cc(C(=O)N[C@H](CC(=O)NCC(=O)O)CC(C)C)nn1C1CCCCC1. The Balaban J connectivity index is 0.000000277. The third-order valence-electron chi connectivity index (χ3n) is 13.4. The molecule has 75 heavy (non-hydrogen) atoms. The normalized spacial score (nSPS) is 16.4. The van der Waals surface area contributed by atoms with E-state index in [-0.39, 0.29) is 60.0 Å². The van der Waals surface area contributed by atoms with Gasteiger partial charge in [0.25, 0.3) is 11.8 Å². The van der Waals surface area contributed by atoms with Crippen LogP contribution >= 0.6 is 0 Å². The van der Waals surface area contributed by atoms with Gasteiger partial charge >= 0.3 is 11.9 Å². The van der Waals surface area contributed by atoms with E-state index >= 15 is 0 Å². The van der Waals surface area contributed by atoms with Gasteiger partial charge < -0.3 is 50.4 Å². The highest BCUT2D eigenvalue weighted by molar-refractivity contribution is 5.95. The number of carboxylic acid groups (broad SMARTS) is 2. The first-order valence-electron chi connectivity index (χ1n) is 26.1. The molecule has 2 aliphatic carbocycles. The van der Waals surface area contributed by atoms with Crippen molar-refractivity contribution in [2.45, 2.75) is 142 Å². The van der Waals surface area contributed by atoms with Gasteiger partial charge in [0.15, 0.2) is 11.4 Å². The molecule has 4 atom stereocenters. The summed E-state index contributed by atoms with van der Waals surface area (Å²) in [7, 11) is 6.39. The molecule has 4 aromatic rings. The van der Waals surface area contributed by atoms with Gasteiger partial charge in [-0.25, -0.2) is 0 Å². The van der Waals surface area contributed by atoms with Crippen LogP contribution in [0.2, 0.25) is 0 Å². The molecule has 0 aliphatic heterocycles. The lowest BCUT2D eigenvalue weighted by atomic mass is 9.87. The van der Waals surface area contributed by atoms with Crippen molar-refractivity contribution in [3.8, 4) is 45.5 Å². The molecule has 2 aromatic heterocycles. The smallest absolute Gasteiger partial charge is 0.322 e. The lowest BCUT2D eigenvalue weighted by molar-refractivity contribution is -0.138. The number of aromatic nitrogens is 4. The predicted molar refractivity (Wildman–Crippen MR) is 282 cm³/mol. The van der Waals surface area contributed by atoms with Gasteiger partial charge in [-0.15, -0.1) is 0 Å². The number of nitrogens with one attached hydrogen (secondary N) is 4. The lowest BCUT2D eigenvalue weighted by Crippen LogP contribution is -2.41. The molecule has 2 saturated carbocycles. The van der Waals surface area contributed by atoms with E-state index in [9.17, 15) is 28.8 Å². The summed E-state index contributed by atoms with van der Waals surface area (Å²) in [4.78, 5) is 73.0. The molecule has 0 bridgehead atoms. The van der Waals surface area contributed by atoms with Crippen molar-refractivity contribution in [3.63, 3.8) is 0 Å².